The summed E-state index contributed by atoms with van der Waals surface area (Å²) in [5, 5.41) is 0.744. The number of hydrogen-bond donors (Lipinski definition) is 1. The molecule has 3 nitrogen and oxygen atoms in total. The van der Waals surface area contributed by atoms with Gasteiger partial charge in [0.1, 0.15) is 5.82 Å². The number of nitrogens with two attached hydrogens (primary N) is 1. The maximum absolute atomic E-state index is 5.99. The minimum Gasteiger partial charge on any atom is -0.355 e. The first kappa shape index (κ1) is 14.3. The third-order valence-corrected chi connectivity index (χ3v) is 3.47. The average molecular weight is 341 g/mol. The molecule has 2 aromatic rings. The van der Waals surface area contributed by atoms with Crippen LogP contribution >= 0.6 is 27.5 Å². The summed E-state index contributed by atoms with van der Waals surface area (Å²) in [4.78, 5) is 6.50. The Bertz CT molecular complexity index is 574. The largest absolute Gasteiger partial charge is 0.355 e. The second-order valence-electron chi connectivity index (χ2n) is 4.33. The van der Waals surface area contributed by atoms with Crippen LogP contribution < -0.4 is 10.6 Å². The van der Waals surface area contributed by atoms with Crippen molar-refractivity contribution in [2.45, 2.75) is 13.1 Å². The van der Waals surface area contributed by atoms with Crippen molar-refractivity contribution >= 4 is 33.3 Å². The average Bonchev–Trinajstić information content (AvgIpc) is 2.38. The molecule has 1 heterocycles. The highest BCUT2D eigenvalue weighted by atomic mass is 79.9. The molecule has 0 aliphatic carbocycles. The normalized spacial score (nSPS) is 10.5. The molecule has 2 rings (SSSR count). The standard InChI is InChI=1S/C14H15BrClN3/c1-19(9-10-3-2-4-13(16)5-10)14-11(7-17)6-12(15)8-18-14/h2-6,8H,7,9,17H2,1H3. The van der Waals surface area contributed by atoms with E-state index >= 15 is 0 Å². The third-order valence-electron chi connectivity index (χ3n) is 2.80. The summed E-state index contributed by atoms with van der Waals surface area (Å²) in [7, 11) is 2.00. The number of nitrogens with zero attached hydrogens (tertiary/aromatic N) is 2. The summed E-state index contributed by atoms with van der Waals surface area (Å²) >= 11 is 9.40. The molecule has 1 aromatic heterocycles. The summed E-state index contributed by atoms with van der Waals surface area (Å²) in [6.45, 7) is 1.20. The number of hydrogen-bond acceptors (Lipinski definition) is 3. The van der Waals surface area contributed by atoms with Crippen LogP contribution in [0.2, 0.25) is 5.02 Å². The van der Waals surface area contributed by atoms with Gasteiger partial charge in [-0.15, -0.1) is 0 Å². The smallest absolute Gasteiger partial charge is 0.133 e. The van der Waals surface area contributed by atoms with Crippen LogP contribution in [0.5, 0.6) is 0 Å². The molecule has 0 fully saturated rings. The quantitative estimate of drug-likeness (QED) is 0.925. The van der Waals surface area contributed by atoms with E-state index in [1.54, 1.807) is 6.20 Å². The van der Waals surface area contributed by atoms with Crippen LogP contribution in [0.1, 0.15) is 11.1 Å². The Labute approximate surface area is 126 Å². The fourth-order valence-electron chi connectivity index (χ4n) is 1.95. The number of halogens is 2. The molecular weight excluding hydrogens is 326 g/mol. The molecule has 19 heavy (non-hydrogen) atoms. The van der Waals surface area contributed by atoms with E-state index in [0.29, 0.717) is 6.54 Å². The predicted molar refractivity (Wildman–Crippen MR) is 83.4 cm³/mol. The lowest BCUT2D eigenvalue weighted by Gasteiger charge is -2.21. The van der Waals surface area contributed by atoms with Gasteiger partial charge in [-0.25, -0.2) is 4.98 Å². The molecule has 0 aliphatic heterocycles. The number of anilines is 1. The van der Waals surface area contributed by atoms with Crippen LogP contribution in [-0.4, -0.2) is 12.0 Å². The molecule has 2 N–H and O–H groups in total. The van der Waals surface area contributed by atoms with Crippen LogP contribution in [0, 0.1) is 0 Å². The van der Waals surface area contributed by atoms with Crippen molar-refractivity contribution in [3.05, 3.63) is 57.2 Å². The maximum atomic E-state index is 5.99. The van der Waals surface area contributed by atoms with Crippen LogP contribution in [0.4, 0.5) is 5.82 Å². The van der Waals surface area contributed by atoms with Gasteiger partial charge in [-0.05, 0) is 39.7 Å². The van der Waals surface area contributed by atoms with E-state index in [9.17, 15) is 0 Å². The Morgan fingerprint density at radius 1 is 1.37 bits per heavy atom. The van der Waals surface area contributed by atoms with Gasteiger partial charge in [-0.2, -0.15) is 0 Å². The lowest BCUT2D eigenvalue weighted by Crippen LogP contribution is -2.20. The van der Waals surface area contributed by atoms with Crippen molar-refractivity contribution in [1.82, 2.24) is 4.98 Å². The topological polar surface area (TPSA) is 42.2 Å². The van der Waals surface area contributed by atoms with Gasteiger partial charge in [0.05, 0.1) is 0 Å². The molecule has 100 valence electrons. The zero-order valence-corrected chi connectivity index (χ0v) is 12.9. The summed E-state index contributed by atoms with van der Waals surface area (Å²) < 4.78 is 0.938. The van der Waals surface area contributed by atoms with E-state index in [4.69, 9.17) is 17.3 Å². The monoisotopic (exact) mass is 339 g/mol. The first-order valence-corrected chi connectivity index (χ1v) is 7.07. The van der Waals surface area contributed by atoms with Crippen LogP contribution in [0.3, 0.4) is 0 Å². The van der Waals surface area contributed by atoms with Gasteiger partial charge < -0.3 is 10.6 Å². The second kappa shape index (κ2) is 6.37. The molecule has 0 atom stereocenters. The van der Waals surface area contributed by atoms with Crippen LogP contribution in [0.15, 0.2) is 41.0 Å². The fraction of sp³-hybridized carbons (Fsp3) is 0.214. The highest BCUT2D eigenvalue weighted by Gasteiger charge is 2.09. The number of aromatic nitrogens is 1. The van der Waals surface area contributed by atoms with Gasteiger partial charge in [0.15, 0.2) is 0 Å². The molecule has 0 bridgehead atoms. The number of rotatable bonds is 4. The molecule has 0 aliphatic rings. The Balaban J connectivity index is 2.22. The van der Waals surface area contributed by atoms with Gasteiger partial charge >= 0.3 is 0 Å². The Kier molecular flexibility index (Phi) is 4.80. The van der Waals surface area contributed by atoms with Gasteiger partial charge in [-0.1, -0.05) is 23.7 Å². The van der Waals surface area contributed by atoms with E-state index in [1.165, 1.54) is 0 Å². The first-order valence-electron chi connectivity index (χ1n) is 5.90. The van der Waals surface area contributed by atoms with Crippen molar-refractivity contribution in [1.29, 1.82) is 0 Å². The van der Waals surface area contributed by atoms with E-state index in [1.807, 2.05) is 37.4 Å². The second-order valence-corrected chi connectivity index (χ2v) is 5.68. The van der Waals surface area contributed by atoms with Gasteiger partial charge in [0.25, 0.3) is 0 Å². The summed E-state index contributed by atoms with van der Waals surface area (Å²) in [5.74, 6) is 0.894. The molecular formula is C14H15BrClN3. The van der Waals surface area contributed by atoms with Crippen molar-refractivity contribution in [2.24, 2.45) is 5.73 Å². The van der Waals surface area contributed by atoms with E-state index in [0.717, 1.165) is 33.0 Å². The van der Waals surface area contributed by atoms with Gasteiger partial charge in [0, 0.05) is 41.4 Å². The zero-order chi connectivity index (χ0) is 13.8. The zero-order valence-electron chi connectivity index (χ0n) is 10.6. The molecule has 0 spiro atoms. The molecule has 1 aromatic carbocycles. The van der Waals surface area contributed by atoms with E-state index in [-0.39, 0.29) is 0 Å². The van der Waals surface area contributed by atoms with Crippen molar-refractivity contribution in [3.8, 4) is 0 Å². The summed E-state index contributed by atoms with van der Waals surface area (Å²) in [6, 6.07) is 9.82. The lowest BCUT2D eigenvalue weighted by atomic mass is 10.2. The van der Waals surface area contributed by atoms with Crippen LogP contribution in [0.25, 0.3) is 0 Å². The van der Waals surface area contributed by atoms with E-state index < -0.39 is 0 Å². The Morgan fingerprint density at radius 2 is 2.16 bits per heavy atom. The van der Waals surface area contributed by atoms with Crippen molar-refractivity contribution < 1.29 is 0 Å². The Hall–Kier alpha value is -1.10. The number of pyridine rings is 1. The van der Waals surface area contributed by atoms with Crippen LogP contribution in [-0.2, 0) is 13.1 Å². The predicted octanol–water partition coefficient (Wildman–Crippen LogP) is 3.59. The molecule has 0 saturated heterocycles. The van der Waals surface area contributed by atoms with Crippen molar-refractivity contribution in [3.63, 3.8) is 0 Å². The first-order chi connectivity index (χ1) is 9.10. The minimum atomic E-state index is 0.460. The van der Waals surface area contributed by atoms with Crippen molar-refractivity contribution in [2.75, 3.05) is 11.9 Å². The molecule has 0 amide bonds. The lowest BCUT2D eigenvalue weighted by molar-refractivity contribution is 0.875. The molecule has 0 radical (unpaired) electrons. The maximum Gasteiger partial charge on any atom is 0.133 e. The van der Waals surface area contributed by atoms with Gasteiger partial charge in [0.2, 0.25) is 0 Å². The summed E-state index contributed by atoms with van der Waals surface area (Å²) in [5.41, 5.74) is 7.92. The number of benzene rings is 1. The minimum absolute atomic E-state index is 0.460. The molecule has 0 unspecified atom stereocenters. The van der Waals surface area contributed by atoms with Gasteiger partial charge in [-0.3, -0.25) is 0 Å². The Morgan fingerprint density at radius 3 is 2.84 bits per heavy atom. The SMILES string of the molecule is CN(Cc1cccc(Cl)c1)c1ncc(Br)cc1CN. The highest BCUT2D eigenvalue weighted by molar-refractivity contribution is 9.10. The highest BCUT2D eigenvalue weighted by Crippen LogP contribution is 2.22. The molecule has 0 saturated carbocycles. The molecule has 5 heteroatoms. The van der Waals surface area contributed by atoms with E-state index in [2.05, 4.69) is 25.8 Å². The summed E-state index contributed by atoms with van der Waals surface area (Å²) in [6.07, 6.45) is 1.78. The fourth-order valence-corrected chi connectivity index (χ4v) is 2.54. The third kappa shape index (κ3) is 3.69.